The van der Waals surface area contributed by atoms with E-state index in [4.69, 9.17) is 11.6 Å². The molecule has 2 aromatic rings. The molecule has 0 aliphatic rings. The molecule has 0 saturated heterocycles. The molecule has 1 atom stereocenters. The molecule has 1 aromatic carbocycles. The van der Waals surface area contributed by atoms with Crippen molar-refractivity contribution in [2.24, 2.45) is 0 Å². The average Bonchev–Trinajstić information content (AvgIpc) is 2.69. The number of alkyl halides is 1. The number of benzene rings is 1. The lowest BCUT2D eigenvalue weighted by Crippen LogP contribution is -2.27. The summed E-state index contributed by atoms with van der Waals surface area (Å²) >= 11 is 6.25. The van der Waals surface area contributed by atoms with Crippen LogP contribution in [0.15, 0.2) is 12.1 Å². The van der Waals surface area contributed by atoms with Gasteiger partial charge in [-0.1, -0.05) is 6.92 Å². The summed E-state index contributed by atoms with van der Waals surface area (Å²) in [4.78, 5) is 4.52. The van der Waals surface area contributed by atoms with Crippen LogP contribution in [0.1, 0.15) is 50.9 Å². The van der Waals surface area contributed by atoms with Gasteiger partial charge in [0.15, 0.2) is 0 Å². The van der Waals surface area contributed by atoms with E-state index in [9.17, 15) is 4.39 Å². The lowest BCUT2D eigenvalue weighted by atomic mass is 10.0. The highest BCUT2D eigenvalue weighted by atomic mass is 35.5. The first-order chi connectivity index (χ1) is 8.77. The Labute approximate surface area is 118 Å². The largest absolute Gasteiger partial charge is 0.321 e. The highest BCUT2D eigenvalue weighted by molar-refractivity contribution is 6.20. The van der Waals surface area contributed by atoms with E-state index in [2.05, 4.69) is 30.3 Å². The molecule has 0 spiro atoms. The second kappa shape index (κ2) is 4.78. The summed E-state index contributed by atoms with van der Waals surface area (Å²) in [6.07, 6.45) is 0.950. The zero-order valence-corrected chi connectivity index (χ0v) is 12.8. The van der Waals surface area contributed by atoms with Gasteiger partial charge in [-0.05, 0) is 45.7 Å². The molecule has 4 heteroatoms. The molecule has 1 heterocycles. The second-order valence-corrected chi connectivity index (χ2v) is 6.33. The molecule has 2 nitrogen and oxygen atoms in total. The van der Waals surface area contributed by atoms with E-state index >= 15 is 0 Å². The van der Waals surface area contributed by atoms with E-state index in [0.717, 1.165) is 17.8 Å². The Hall–Kier alpha value is -1.09. The molecule has 104 valence electrons. The average molecular weight is 283 g/mol. The molecule has 0 aliphatic carbocycles. The monoisotopic (exact) mass is 282 g/mol. The Morgan fingerprint density at radius 2 is 2.05 bits per heavy atom. The maximum absolute atomic E-state index is 13.7. The first-order valence-electron chi connectivity index (χ1n) is 6.61. The van der Waals surface area contributed by atoms with Gasteiger partial charge in [-0.3, -0.25) is 0 Å². The van der Waals surface area contributed by atoms with Crippen LogP contribution in [0.3, 0.4) is 0 Å². The number of halogens is 2. The molecule has 0 saturated carbocycles. The quantitative estimate of drug-likeness (QED) is 0.730. The van der Waals surface area contributed by atoms with Crippen LogP contribution in [0.2, 0.25) is 0 Å². The van der Waals surface area contributed by atoms with Crippen LogP contribution in [0, 0.1) is 12.7 Å². The van der Waals surface area contributed by atoms with Crippen LogP contribution in [-0.2, 0) is 5.54 Å². The normalized spacial score (nSPS) is 14.1. The fourth-order valence-electron chi connectivity index (χ4n) is 2.28. The summed E-state index contributed by atoms with van der Waals surface area (Å²) in [5.74, 6) is 0.578. The zero-order valence-electron chi connectivity index (χ0n) is 12.1. The standard InChI is InChI=1S/C15H20ClFN2/c1-6-15(4,5)19-13-7-9(2)11(17)8-12(13)18-14(19)10(3)16/h7-8,10H,6H2,1-5H3. The molecule has 0 bridgehead atoms. The maximum atomic E-state index is 13.7. The molecule has 0 N–H and O–H groups in total. The van der Waals surface area contributed by atoms with E-state index < -0.39 is 0 Å². The zero-order chi connectivity index (χ0) is 14.4. The Bertz CT molecular complexity index is 614. The summed E-state index contributed by atoms with van der Waals surface area (Å²) in [6, 6.07) is 3.35. The first-order valence-corrected chi connectivity index (χ1v) is 7.04. The molecule has 1 unspecified atom stereocenters. The van der Waals surface area contributed by atoms with Crippen molar-refractivity contribution in [3.8, 4) is 0 Å². The third-order valence-electron chi connectivity index (χ3n) is 3.79. The predicted octanol–water partition coefficient (Wildman–Crippen LogP) is 4.93. The van der Waals surface area contributed by atoms with Gasteiger partial charge in [0.25, 0.3) is 0 Å². The number of nitrogens with zero attached hydrogens (tertiary/aromatic N) is 2. The predicted molar refractivity (Wildman–Crippen MR) is 78.3 cm³/mol. The lowest BCUT2D eigenvalue weighted by Gasteiger charge is -2.28. The van der Waals surface area contributed by atoms with Crippen molar-refractivity contribution in [3.63, 3.8) is 0 Å². The van der Waals surface area contributed by atoms with E-state index in [1.54, 1.807) is 6.92 Å². The number of hydrogen-bond acceptors (Lipinski definition) is 1. The third-order valence-corrected chi connectivity index (χ3v) is 3.98. The minimum atomic E-state index is -0.222. The van der Waals surface area contributed by atoms with E-state index in [0.29, 0.717) is 11.1 Å². The highest BCUT2D eigenvalue weighted by Gasteiger charge is 2.26. The SMILES string of the molecule is CCC(C)(C)n1c(C(C)Cl)nc2cc(F)c(C)cc21. The minimum absolute atomic E-state index is 0.0997. The molecule has 1 aromatic heterocycles. The van der Waals surface area contributed by atoms with E-state index in [1.165, 1.54) is 6.07 Å². The number of aromatic nitrogens is 2. The van der Waals surface area contributed by atoms with Crippen molar-refractivity contribution in [2.45, 2.75) is 52.0 Å². The van der Waals surface area contributed by atoms with Gasteiger partial charge < -0.3 is 4.57 Å². The van der Waals surface area contributed by atoms with Crippen LogP contribution in [0.4, 0.5) is 4.39 Å². The molecule has 2 rings (SSSR count). The van der Waals surface area contributed by atoms with Crippen LogP contribution in [0.25, 0.3) is 11.0 Å². The van der Waals surface area contributed by atoms with Crippen molar-refractivity contribution in [3.05, 3.63) is 29.3 Å². The van der Waals surface area contributed by atoms with E-state index in [1.807, 2.05) is 13.0 Å². The molecule has 0 amide bonds. The van der Waals surface area contributed by atoms with Gasteiger partial charge in [-0.15, -0.1) is 11.6 Å². The van der Waals surface area contributed by atoms with Gasteiger partial charge in [-0.25, -0.2) is 9.37 Å². The summed E-state index contributed by atoms with van der Waals surface area (Å²) < 4.78 is 15.8. The molecule has 0 radical (unpaired) electrons. The topological polar surface area (TPSA) is 17.8 Å². The van der Waals surface area contributed by atoms with Crippen molar-refractivity contribution >= 4 is 22.6 Å². The molecule has 0 fully saturated rings. The number of aryl methyl sites for hydroxylation is 1. The Morgan fingerprint density at radius 1 is 1.42 bits per heavy atom. The summed E-state index contributed by atoms with van der Waals surface area (Å²) in [7, 11) is 0. The molecular weight excluding hydrogens is 263 g/mol. The van der Waals surface area contributed by atoms with Gasteiger partial charge in [0.1, 0.15) is 11.6 Å². The third kappa shape index (κ3) is 2.36. The highest BCUT2D eigenvalue weighted by Crippen LogP contribution is 2.33. The van der Waals surface area contributed by atoms with Crippen LogP contribution in [0.5, 0.6) is 0 Å². The molecule has 19 heavy (non-hydrogen) atoms. The fraction of sp³-hybridized carbons (Fsp3) is 0.533. The maximum Gasteiger partial charge on any atom is 0.128 e. The Morgan fingerprint density at radius 3 is 2.58 bits per heavy atom. The van der Waals surface area contributed by atoms with E-state index in [-0.39, 0.29) is 16.7 Å². The van der Waals surface area contributed by atoms with Crippen molar-refractivity contribution < 1.29 is 4.39 Å². The Balaban J connectivity index is 2.84. The van der Waals surface area contributed by atoms with Crippen molar-refractivity contribution in [1.29, 1.82) is 0 Å². The van der Waals surface area contributed by atoms with Gasteiger partial charge in [0.05, 0.1) is 16.4 Å². The lowest BCUT2D eigenvalue weighted by molar-refractivity contribution is 0.341. The first kappa shape index (κ1) is 14.3. The van der Waals surface area contributed by atoms with Crippen LogP contribution >= 0.6 is 11.6 Å². The minimum Gasteiger partial charge on any atom is -0.321 e. The summed E-state index contributed by atoms with van der Waals surface area (Å²) in [6.45, 7) is 10.1. The number of rotatable bonds is 3. The van der Waals surface area contributed by atoms with Gasteiger partial charge in [0, 0.05) is 11.6 Å². The van der Waals surface area contributed by atoms with Gasteiger partial charge in [0.2, 0.25) is 0 Å². The summed E-state index contributed by atoms with van der Waals surface area (Å²) in [5, 5.41) is -0.207. The molecular formula is C15H20ClFN2. The molecule has 0 aliphatic heterocycles. The van der Waals surface area contributed by atoms with Crippen LogP contribution in [-0.4, -0.2) is 9.55 Å². The number of fused-ring (bicyclic) bond motifs is 1. The van der Waals surface area contributed by atoms with Crippen LogP contribution < -0.4 is 0 Å². The number of hydrogen-bond donors (Lipinski definition) is 0. The van der Waals surface area contributed by atoms with Crippen molar-refractivity contribution in [2.75, 3.05) is 0 Å². The summed E-state index contributed by atoms with van der Waals surface area (Å²) in [5.41, 5.74) is 2.16. The van der Waals surface area contributed by atoms with Crippen molar-refractivity contribution in [1.82, 2.24) is 9.55 Å². The second-order valence-electron chi connectivity index (χ2n) is 5.68. The van der Waals surface area contributed by atoms with Gasteiger partial charge >= 0.3 is 0 Å². The van der Waals surface area contributed by atoms with Gasteiger partial charge in [-0.2, -0.15) is 0 Å². The smallest absolute Gasteiger partial charge is 0.128 e. The Kier molecular flexibility index (Phi) is 3.61. The fourth-order valence-corrected chi connectivity index (χ4v) is 2.43. The number of imidazole rings is 1.